The number of halogens is 1. The highest BCUT2D eigenvalue weighted by Gasteiger charge is 2.43. The fraction of sp³-hybridized carbons (Fsp3) is 0.556. The Labute approximate surface area is 166 Å². The van der Waals surface area contributed by atoms with E-state index in [4.69, 9.17) is 5.73 Å². The van der Waals surface area contributed by atoms with Crippen molar-refractivity contribution in [2.75, 3.05) is 6.54 Å². The first-order valence-electron chi connectivity index (χ1n) is 9.01. The summed E-state index contributed by atoms with van der Waals surface area (Å²) in [7, 11) is -3.92. The lowest BCUT2D eigenvalue weighted by molar-refractivity contribution is 0.0844. The van der Waals surface area contributed by atoms with Crippen LogP contribution in [0.4, 0.5) is 0 Å². The number of hydrogen-bond donors (Lipinski definition) is 2. The van der Waals surface area contributed by atoms with Crippen molar-refractivity contribution < 1.29 is 18.0 Å². The predicted octanol–water partition coefficient (Wildman–Crippen LogP) is 1.91. The van der Waals surface area contributed by atoms with Gasteiger partial charge in [0, 0.05) is 17.6 Å². The smallest absolute Gasteiger partial charge is 0.269 e. The molecule has 3 rings (SSSR count). The van der Waals surface area contributed by atoms with E-state index in [-0.39, 0.29) is 46.3 Å². The van der Waals surface area contributed by atoms with Crippen LogP contribution in [0.3, 0.4) is 0 Å². The molecule has 0 radical (unpaired) electrons. The van der Waals surface area contributed by atoms with Gasteiger partial charge in [-0.15, -0.1) is 12.4 Å². The topological polar surface area (TPSA) is 110 Å². The Balaban J connectivity index is 0.00000261. The number of fused-ring (bicyclic) bond motifs is 1. The fourth-order valence-corrected chi connectivity index (χ4v) is 5.62. The van der Waals surface area contributed by atoms with E-state index in [1.807, 2.05) is 0 Å². The first-order valence-corrected chi connectivity index (χ1v) is 10.4. The molecule has 7 nitrogen and oxygen atoms in total. The zero-order valence-corrected chi connectivity index (χ0v) is 17.1. The molecule has 1 heterocycles. The lowest BCUT2D eigenvalue weighted by Crippen LogP contribution is -2.44. The normalized spacial score (nSPS) is 23.7. The molecule has 0 aromatic heterocycles. The molecule has 0 bridgehead atoms. The van der Waals surface area contributed by atoms with E-state index in [1.165, 1.54) is 18.2 Å². The van der Waals surface area contributed by atoms with Gasteiger partial charge in [-0.05, 0) is 57.4 Å². The lowest BCUT2D eigenvalue weighted by atomic mass is 9.84. The quantitative estimate of drug-likeness (QED) is 0.780. The summed E-state index contributed by atoms with van der Waals surface area (Å²) in [5.41, 5.74) is 6.16. The van der Waals surface area contributed by atoms with Gasteiger partial charge in [0.2, 0.25) is 0 Å². The van der Waals surface area contributed by atoms with Gasteiger partial charge in [0.05, 0.1) is 5.56 Å². The molecule has 150 valence electrons. The Morgan fingerprint density at radius 3 is 2.59 bits per heavy atom. The summed E-state index contributed by atoms with van der Waals surface area (Å²) < 4.78 is 26.2. The van der Waals surface area contributed by atoms with Gasteiger partial charge in [-0.25, -0.2) is 12.7 Å². The molecule has 1 fully saturated rings. The maximum atomic E-state index is 12.7. The summed E-state index contributed by atoms with van der Waals surface area (Å²) in [5.74, 6) is -0.634. The maximum Gasteiger partial charge on any atom is 0.269 e. The van der Waals surface area contributed by atoms with Gasteiger partial charge < -0.3 is 11.1 Å². The zero-order valence-electron chi connectivity index (χ0n) is 15.5. The number of nitrogens with two attached hydrogens (primary N) is 1. The second-order valence-corrected chi connectivity index (χ2v) is 9.05. The molecule has 9 heteroatoms. The van der Waals surface area contributed by atoms with Gasteiger partial charge in [0.15, 0.2) is 0 Å². The van der Waals surface area contributed by atoms with Crippen LogP contribution in [0, 0.1) is 5.92 Å². The van der Waals surface area contributed by atoms with E-state index < -0.39 is 22.0 Å². The SMILES string of the molecule is CC(C)N1C(=O)c2ccc(C(=O)NC3CCCCC3CN)cc2S1(=O)=O.Cl. The van der Waals surface area contributed by atoms with E-state index in [0.717, 1.165) is 30.0 Å². The minimum absolute atomic E-state index is 0. The monoisotopic (exact) mass is 415 g/mol. The average Bonchev–Trinajstić information content (AvgIpc) is 2.81. The first kappa shape index (κ1) is 21.7. The van der Waals surface area contributed by atoms with Crippen molar-refractivity contribution in [2.45, 2.75) is 56.5 Å². The van der Waals surface area contributed by atoms with Crippen LogP contribution in [-0.4, -0.2) is 43.2 Å². The molecule has 2 unspecified atom stereocenters. The summed E-state index contributed by atoms with van der Waals surface area (Å²) in [5, 5.41) is 2.99. The molecular weight excluding hydrogens is 390 g/mol. The average molecular weight is 416 g/mol. The third-order valence-electron chi connectivity index (χ3n) is 5.21. The number of carbonyl (C=O) groups excluding carboxylic acids is 2. The number of amides is 2. The van der Waals surface area contributed by atoms with Crippen LogP contribution >= 0.6 is 12.4 Å². The number of rotatable bonds is 4. The fourth-order valence-electron chi connectivity index (χ4n) is 3.83. The third-order valence-corrected chi connectivity index (χ3v) is 7.21. The highest BCUT2D eigenvalue weighted by atomic mass is 35.5. The largest absolute Gasteiger partial charge is 0.349 e. The molecule has 2 aliphatic rings. The summed E-state index contributed by atoms with van der Waals surface area (Å²) >= 11 is 0. The van der Waals surface area contributed by atoms with E-state index in [2.05, 4.69) is 5.32 Å². The molecule has 1 aliphatic heterocycles. The minimum atomic E-state index is -3.92. The van der Waals surface area contributed by atoms with Gasteiger partial charge in [0.1, 0.15) is 4.90 Å². The molecule has 27 heavy (non-hydrogen) atoms. The highest BCUT2D eigenvalue weighted by Crippen LogP contribution is 2.32. The lowest BCUT2D eigenvalue weighted by Gasteiger charge is -2.31. The zero-order chi connectivity index (χ0) is 19.1. The second kappa shape index (κ2) is 8.16. The Morgan fingerprint density at radius 1 is 1.30 bits per heavy atom. The summed E-state index contributed by atoms with van der Waals surface area (Å²) in [6.45, 7) is 3.80. The molecule has 1 saturated carbocycles. The van der Waals surface area contributed by atoms with Crippen LogP contribution in [0.5, 0.6) is 0 Å². The standard InChI is InChI=1S/C18H25N3O4S.ClH/c1-11(2)21-18(23)14-8-7-12(9-16(14)26(21,24)25)17(22)20-15-6-4-3-5-13(15)10-19;/h7-9,11,13,15H,3-6,10,19H2,1-2H3,(H,20,22);1H. The van der Waals surface area contributed by atoms with Gasteiger partial charge in [-0.1, -0.05) is 12.8 Å². The minimum Gasteiger partial charge on any atom is -0.349 e. The van der Waals surface area contributed by atoms with Gasteiger partial charge in [-0.3, -0.25) is 9.59 Å². The van der Waals surface area contributed by atoms with Gasteiger partial charge in [0.25, 0.3) is 21.8 Å². The first-order chi connectivity index (χ1) is 12.3. The Bertz CT molecular complexity index is 841. The number of carbonyl (C=O) groups is 2. The number of hydrogen-bond acceptors (Lipinski definition) is 5. The van der Waals surface area contributed by atoms with Crippen molar-refractivity contribution in [3.8, 4) is 0 Å². The van der Waals surface area contributed by atoms with Crippen LogP contribution in [0.15, 0.2) is 23.1 Å². The van der Waals surface area contributed by atoms with Crippen LogP contribution in [0.2, 0.25) is 0 Å². The van der Waals surface area contributed by atoms with Crippen LogP contribution in [0.1, 0.15) is 60.2 Å². The van der Waals surface area contributed by atoms with E-state index in [1.54, 1.807) is 13.8 Å². The molecule has 0 saturated heterocycles. The number of nitrogens with one attached hydrogen (secondary N) is 1. The van der Waals surface area contributed by atoms with Crippen molar-refractivity contribution in [1.82, 2.24) is 9.62 Å². The van der Waals surface area contributed by atoms with Crippen LogP contribution in [-0.2, 0) is 10.0 Å². The van der Waals surface area contributed by atoms with Gasteiger partial charge >= 0.3 is 0 Å². The Kier molecular flexibility index (Phi) is 6.55. The Morgan fingerprint density at radius 2 is 1.96 bits per heavy atom. The molecule has 3 N–H and O–H groups in total. The molecule has 2 atom stereocenters. The Hall–Kier alpha value is -1.64. The molecular formula is C18H26ClN3O4S. The summed E-state index contributed by atoms with van der Waals surface area (Å²) in [6.07, 6.45) is 4.00. The van der Waals surface area contributed by atoms with Gasteiger partial charge in [-0.2, -0.15) is 0 Å². The molecule has 2 amide bonds. The number of sulfonamides is 1. The maximum absolute atomic E-state index is 12.7. The van der Waals surface area contributed by atoms with Crippen molar-refractivity contribution in [3.63, 3.8) is 0 Å². The van der Waals surface area contributed by atoms with Crippen molar-refractivity contribution in [3.05, 3.63) is 29.3 Å². The highest BCUT2D eigenvalue weighted by molar-refractivity contribution is 7.90. The number of benzene rings is 1. The van der Waals surface area contributed by atoms with Crippen molar-refractivity contribution in [2.24, 2.45) is 11.7 Å². The van der Waals surface area contributed by atoms with Crippen LogP contribution in [0.25, 0.3) is 0 Å². The molecule has 1 aromatic carbocycles. The molecule has 1 aliphatic carbocycles. The van der Waals surface area contributed by atoms with Crippen LogP contribution < -0.4 is 11.1 Å². The predicted molar refractivity (Wildman–Crippen MR) is 104 cm³/mol. The van der Waals surface area contributed by atoms with E-state index >= 15 is 0 Å². The van der Waals surface area contributed by atoms with E-state index in [0.29, 0.717) is 6.54 Å². The third kappa shape index (κ3) is 3.83. The second-order valence-electron chi connectivity index (χ2n) is 7.27. The molecule has 0 spiro atoms. The van der Waals surface area contributed by atoms with E-state index in [9.17, 15) is 18.0 Å². The number of nitrogens with zero attached hydrogens (tertiary/aromatic N) is 1. The van der Waals surface area contributed by atoms with Crippen molar-refractivity contribution in [1.29, 1.82) is 0 Å². The summed E-state index contributed by atoms with van der Waals surface area (Å²) in [6, 6.07) is 3.75. The summed E-state index contributed by atoms with van der Waals surface area (Å²) in [4.78, 5) is 24.9. The van der Waals surface area contributed by atoms with Crippen molar-refractivity contribution >= 4 is 34.2 Å². The molecule has 1 aromatic rings.